The molecule has 2 rings (SSSR count). The molecule has 1 heterocycles. The summed E-state index contributed by atoms with van der Waals surface area (Å²) in [5.74, 6) is -1.12. The number of aryl methyl sites for hydroxylation is 1. The number of hydrogen-bond donors (Lipinski definition) is 1. The number of benzene rings is 1. The fraction of sp³-hybridized carbons (Fsp3) is 0.625. The second kappa shape index (κ2) is 6.79. The molecule has 1 N–H and O–H groups in total. The first kappa shape index (κ1) is 16.3. The van der Waals surface area contributed by atoms with E-state index in [1.807, 2.05) is 14.0 Å². The predicted octanol–water partition coefficient (Wildman–Crippen LogP) is 3.53. The lowest BCUT2D eigenvalue weighted by molar-refractivity contribution is -0.185. The van der Waals surface area contributed by atoms with Crippen LogP contribution in [0.4, 0.5) is 13.2 Å². The molecule has 0 bridgehead atoms. The smallest absolute Gasteiger partial charge is 0.312 e. The first-order valence-corrected chi connectivity index (χ1v) is 7.43. The Kier molecular flexibility index (Phi) is 5.27. The molecule has 1 fully saturated rings. The van der Waals surface area contributed by atoms with E-state index in [0.717, 1.165) is 6.54 Å². The maximum Gasteiger partial charge on any atom is 0.391 e. The zero-order valence-corrected chi connectivity index (χ0v) is 12.6. The summed E-state index contributed by atoms with van der Waals surface area (Å²) in [7, 11) is 1.90. The van der Waals surface area contributed by atoms with Crippen molar-refractivity contribution in [2.24, 2.45) is 5.92 Å². The monoisotopic (exact) mass is 300 g/mol. The standard InChI is InChI=1S/C16H23F3N2/c1-12-3-5-13(6-4-12)15(20-2)11-21-9-7-14(8-10-21)16(17,18)19/h3-6,14-15,20H,7-11H2,1-2H3. The predicted molar refractivity (Wildman–Crippen MR) is 78.2 cm³/mol. The van der Waals surface area contributed by atoms with Crippen LogP contribution in [0.5, 0.6) is 0 Å². The van der Waals surface area contributed by atoms with Crippen LogP contribution in [0.3, 0.4) is 0 Å². The number of hydrogen-bond acceptors (Lipinski definition) is 2. The van der Waals surface area contributed by atoms with E-state index < -0.39 is 12.1 Å². The van der Waals surface area contributed by atoms with Crippen LogP contribution in [-0.2, 0) is 0 Å². The van der Waals surface area contributed by atoms with Gasteiger partial charge in [0.2, 0.25) is 0 Å². The van der Waals surface area contributed by atoms with Crippen LogP contribution in [0.1, 0.15) is 30.0 Å². The number of piperidine rings is 1. The zero-order chi connectivity index (χ0) is 15.5. The number of alkyl halides is 3. The van der Waals surface area contributed by atoms with Gasteiger partial charge in [0.15, 0.2) is 0 Å². The van der Waals surface area contributed by atoms with Crippen molar-refractivity contribution in [3.63, 3.8) is 0 Å². The van der Waals surface area contributed by atoms with Crippen molar-refractivity contribution in [1.29, 1.82) is 0 Å². The van der Waals surface area contributed by atoms with Crippen LogP contribution in [0.25, 0.3) is 0 Å². The largest absolute Gasteiger partial charge is 0.391 e. The van der Waals surface area contributed by atoms with Crippen molar-refractivity contribution in [2.45, 2.75) is 32.0 Å². The number of likely N-dealkylation sites (N-methyl/N-ethyl adjacent to an activating group) is 1. The first-order valence-electron chi connectivity index (χ1n) is 7.43. The third-order valence-electron chi connectivity index (χ3n) is 4.32. The van der Waals surface area contributed by atoms with Gasteiger partial charge < -0.3 is 10.2 Å². The van der Waals surface area contributed by atoms with Gasteiger partial charge in [-0.05, 0) is 45.5 Å². The lowest BCUT2D eigenvalue weighted by Gasteiger charge is -2.35. The molecule has 2 nitrogen and oxygen atoms in total. The van der Waals surface area contributed by atoms with Crippen LogP contribution in [-0.4, -0.2) is 37.8 Å². The molecule has 0 aliphatic carbocycles. The highest BCUT2D eigenvalue weighted by Gasteiger charge is 2.41. The van der Waals surface area contributed by atoms with E-state index in [-0.39, 0.29) is 18.9 Å². The molecule has 1 atom stereocenters. The van der Waals surface area contributed by atoms with Gasteiger partial charge in [0, 0.05) is 12.6 Å². The van der Waals surface area contributed by atoms with Gasteiger partial charge in [0.05, 0.1) is 5.92 Å². The van der Waals surface area contributed by atoms with E-state index >= 15 is 0 Å². The molecule has 0 aromatic heterocycles. The summed E-state index contributed by atoms with van der Waals surface area (Å²) in [5, 5.41) is 3.26. The van der Waals surface area contributed by atoms with E-state index in [1.54, 1.807) is 0 Å². The third-order valence-corrected chi connectivity index (χ3v) is 4.32. The molecular weight excluding hydrogens is 277 g/mol. The van der Waals surface area contributed by atoms with Gasteiger partial charge in [-0.3, -0.25) is 0 Å². The molecule has 0 saturated carbocycles. The molecule has 0 amide bonds. The van der Waals surface area contributed by atoms with Crippen molar-refractivity contribution in [3.8, 4) is 0 Å². The number of halogens is 3. The van der Waals surface area contributed by atoms with E-state index in [0.29, 0.717) is 13.1 Å². The molecule has 1 aliphatic rings. The summed E-state index contributed by atoms with van der Waals surface area (Å²) in [6, 6.07) is 8.45. The van der Waals surface area contributed by atoms with Gasteiger partial charge in [-0.1, -0.05) is 29.8 Å². The van der Waals surface area contributed by atoms with Crippen LogP contribution in [0.15, 0.2) is 24.3 Å². The molecule has 21 heavy (non-hydrogen) atoms. The van der Waals surface area contributed by atoms with Crippen LogP contribution >= 0.6 is 0 Å². The Bertz CT molecular complexity index is 434. The average molecular weight is 300 g/mol. The van der Waals surface area contributed by atoms with E-state index in [2.05, 4.69) is 34.5 Å². The highest BCUT2D eigenvalue weighted by atomic mass is 19.4. The molecule has 0 spiro atoms. The number of nitrogens with one attached hydrogen (secondary N) is 1. The molecule has 0 radical (unpaired) electrons. The minimum atomic E-state index is -4.04. The topological polar surface area (TPSA) is 15.3 Å². The number of rotatable bonds is 4. The summed E-state index contributed by atoms with van der Waals surface area (Å²) in [5.41, 5.74) is 2.39. The lowest BCUT2D eigenvalue weighted by atomic mass is 9.95. The van der Waals surface area contributed by atoms with Crippen molar-refractivity contribution in [3.05, 3.63) is 35.4 Å². The van der Waals surface area contributed by atoms with E-state index in [1.165, 1.54) is 11.1 Å². The molecular formula is C16H23F3N2. The molecule has 1 aromatic rings. The van der Waals surface area contributed by atoms with E-state index in [4.69, 9.17) is 0 Å². The van der Waals surface area contributed by atoms with Crippen LogP contribution in [0, 0.1) is 12.8 Å². The molecule has 1 aromatic carbocycles. The van der Waals surface area contributed by atoms with Gasteiger partial charge in [-0.25, -0.2) is 0 Å². The minimum Gasteiger partial charge on any atom is -0.312 e. The normalized spacial score (nSPS) is 19.7. The Morgan fingerprint density at radius 1 is 1.19 bits per heavy atom. The highest BCUT2D eigenvalue weighted by Crippen LogP contribution is 2.34. The van der Waals surface area contributed by atoms with Gasteiger partial charge in [-0.15, -0.1) is 0 Å². The SMILES string of the molecule is CNC(CN1CCC(C(F)(F)F)CC1)c1ccc(C)cc1. The highest BCUT2D eigenvalue weighted by molar-refractivity contribution is 5.24. The maximum atomic E-state index is 12.7. The van der Waals surface area contributed by atoms with Crippen molar-refractivity contribution < 1.29 is 13.2 Å². The fourth-order valence-corrected chi connectivity index (χ4v) is 2.86. The molecule has 118 valence electrons. The molecule has 1 unspecified atom stereocenters. The second-order valence-electron chi connectivity index (χ2n) is 5.87. The summed E-state index contributed by atoms with van der Waals surface area (Å²) in [6.45, 7) is 3.84. The summed E-state index contributed by atoms with van der Waals surface area (Å²) in [6.07, 6.45) is -3.60. The summed E-state index contributed by atoms with van der Waals surface area (Å²) < 4.78 is 38.0. The van der Waals surface area contributed by atoms with Crippen LogP contribution in [0.2, 0.25) is 0 Å². The quantitative estimate of drug-likeness (QED) is 0.915. The first-order chi connectivity index (χ1) is 9.90. The second-order valence-corrected chi connectivity index (χ2v) is 5.87. The van der Waals surface area contributed by atoms with Crippen molar-refractivity contribution >= 4 is 0 Å². The molecule has 1 saturated heterocycles. The molecule has 5 heteroatoms. The Hall–Kier alpha value is -1.07. The Morgan fingerprint density at radius 3 is 2.24 bits per heavy atom. The van der Waals surface area contributed by atoms with Gasteiger partial charge in [0.25, 0.3) is 0 Å². The van der Waals surface area contributed by atoms with E-state index in [9.17, 15) is 13.2 Å². The number of nitrogens with zero attached hydrogens (tertiary/aromatic N) is 1. The minimum absolute atomic E-state index is 0.160. The summed E-state index contributed by atoms with van der Waals surface area (Å²) in [4.78, 5) is 2.13. The fourth-order valence-electron chi connectivity index (χ4n) is 2.86. The van der Waals surface area contributed by atoms with Crippen molar-refractivity contribution in [1.82, 2.24) is 10.2 Å². The lowest BCUT2D eigenvalue weighted by Crippen LogP contribution is -2.42. The Morgan fingerprint density at radius 2 is 1.76 bits per heavy atom. The zero-order valence-electron chi connectivity index (χ0n) is 12.6. The maximum absolute atomic E-state index is 12.7. The van der Waals surface area contributed by atoms with Gasteiger partial charge >= 0.3 is 6.18 Å². The average Bonchev–Trinajstić information content (AvgIpc) is 2.45. The third kappa shape index (κ3) is 4.45. The molecule has 1 aliphatic heterocycles. The summed E-state index contributed by atoms with van der Waals surface area (Å²) >= 11 is 0. The Balaban J connectivity index is 1.90. The van der Waals surface area contributed by atoms with Gasteiger partial charge in [-0.2, -0.15) is 13.2 Å². The Labute approximate surface area is 124 Å². The van der Waals surface area contributed by atoms with Crippen LogP contribution < -0.4 is 5.32 Å². The van der Waals surface area contributed by atoms with Gasteiger partial charge in [0.1, 0.15) is 0 Å². The number of likely N-dealkylation sites (tertiary alicyclic amines) is 1. The van der Waals surface area contributed by atoms with Crippen molar-refractivity contribution in [2.75, 3.05) is 26.7 Å².